The highest BCUT2D eigenvalue weighted by Crippen LogP contribution is 2.21. The van der Waals surface area contributed by atoms with Crippen molar-refractivity contribution in [2.24, 2.45) is 0 Å². The molecule has 1 aromatic heterocycles. The molecule has 0 bridgehead atoms. The van der Waals surface area contributed by atoms with E-state index < -0.39 is 11.6 Å². The first-order valence-electron chi connectivity index (χ1n) is 6.16. The van der Waals surface area contributed by atoms with E-state index in [0.29, 0.717) is 5.56 Å². The number of halogens is 2. The van der Waals surface area contributed by atoms with E-state index in [9.17, 15) is 13.6 Å². The number of fused-ring (bicyclic) bond motifs is 1. The quantitative estimate of drug-likeness (QED) is 0.664. The first-order valence-corrected chi connectivity index (χ1v) is 6.16. The standard InChI is InChI=1S/C16H11F2NO/c17-14-4-5-15(18)13(8-14)9-19-7-6-11-2-1-3-12(10-20)16(11)19/h1-8,10H,9H2. The zero-order valence-electron chi connectivity index (χ0n) is 10.5. The zero-order valence-corrected chi connectivity index (χ0v) is 10.5. The highest BCUT2D eigenvalue weighted by molar-refractivity contribution is 5.96. The lowest BCUT2D eigenvalue weighted by Crippen LogP contribution is -2.02. The van der Waals surface area contributed by atoms with Crippen molar-refractivity contribution in [2.45, 2.75) is 6.54 Å². The third-order valence-electron chi connectivity index (χ3n) is 3.30. The summed E-state index contributed by atoms with van der Waals surface area (Å²) in [6, 6.07) is 10.6. The molecule has 1 heterocycles. The molecular formula is C16H11F2NO. The molecule has 0 aliphatic heterocycles. The number of benzene rings is 2. The van der Waals surface area contributed by atoms with Crippen LogP contribution in [0.2, 0.25) is 0 Å². The Morgan fingerprint density at radius 1 is 1.10 bits per heavy atom. The number of carbonyl (C=O) groups excluding carboxylic acids is 1. The largest absolute Gasteiger partial charge is 0.342 e. The highest BCUT2D eigenvalue weighted by Gasteiger charge is 2.09. The Hall–Kier alpha value is -2.49. The second kappa shape index (κ2) is 4.89. The maximum atomic E-state index is 13.7. The maximum Gasteiger partial charge on any atom is 0.152 e. The van der Waals surface area contributed by atoms with Crippen molar-refractivity contribution in [3.63, 3.8) is 0 Å². The Labute approximate surface area is 114 Å². The van der Waals surface area contributed by atoms with Crippen molar-refractivity contribution in [3.8, 4) is 0 Å². The molecule has 0 spiro atoms. The van der Waals surface area contributed by atoms with Gasteiger partial charge in [0.2, 0.25) is 0 Å². The molecule has 4 heteroatoms. The van der Waals surface area contributed by atoms with E-state index in [1.54, 1.807) is 22.9 Å². The molecule has 100 valence electrons. The highest BCUT2D eigenvalue weighted by atomic mass is 19.1. The van der Waals surface area contributed by atoms with E-state index in [2.05, 4.69) is 0 Å². The number of hydrogen-bond acceptors (Lipinski definition) is 1. The van der Waals surface area contributed by atoms with Crippen LogP contribution in [0.25, 0.3) is 10.9 Å². The summed E-state index contributed by atoms with van der Waals surface area (Å²) in [7, 11) is 0. The molecule has 0 aliphatic rings. The molecule has 0 radical (unpaired) electrons. The summed E-state index contributed by atoms with van der Waals surface area (Å²) in [6.07, 6.45) is 2.53. The third kappa shape index (κ3) is 2.09. The summed E-state index contributed by atoms with van der Waals surface area (Å²) in [6.45, 7) is 0.179. The Bertz CT molecular complexity index is 792. The van der Waals surface area contributed by atoms with Crippen molar-refractivity contribution in [2.75, 3.05) is 0 Å². The lowest BCUT2D eigenvalue weighted by molar-refractivity contribution is 0.112. The smallest absolute Gasteiger partial charge is 0.152 e. The van der Waals surface area contributed by atoms with Crippen molar-refractivity contribution < 1.29 is 13.6 Å². The zero-order chi connectivity index (χ0) is 14.1. The average molecular weight is 271 g/mol. The van der Waals surface area contributed by atoms with Gasteiger partial charge in [-0.3, -0.25) is 4.79 Å². The molecule has 2 aromatic carbocycles. The van der Waals surface area contributed by atoms with Crippen molar-refractivity contribution in [1.29, 1.82) is 0 Å². The summed E-state index contributed by atoms with van der Waals surface area (Å²) < 4.78 is 28.6. The van der Waals surface area contributed by atoms with Gasteiger partial charge in [0.05, 0.1) is 12.1 Å². The van der Waals surface area contributed by atoms with Crippen LogP contribution < -0.4 is 0 Å². The van der Waals surface area contributed by atoms with Crippen LogP contribution in [0, 0.1) is 11.6 Å². The van der Waals surface area contributed by atoms with Gasteiger partial charge in [-0.2, -0.15) is 0 Å². The van der Waals surface area contributed by atoms with Crippen LogP contribution in [-0.4, -0.2) is 10.9 Å². The van der Waals surface area contributed by atoms with Crippen LogP contribution in [0.4, 0.5) is 8.78 Å². The second-order valence-electron chi connectivity index (χ2n) is 4.58. The summed E-state index contributed by atoms with van der Waals surface area (Å²) in [5.41, 5.74) is 1.51. The minimum atomic E-state index is -0.478. The van der Waals surface area contributed by atoms with Crippen LogP contribution in [0.5, 0.6) is 0 Å². The van der Waals surface area contributed by atoms with Gasteiger partial charge in [0.25, 0.3) is 0 Å². The average Bonchev–Trinajstić information content (AvgIpc) is 2.86. The molecule has 0 amide bonds. The molecule has 2 nitrogen and oxygen atoms in total. The first kappa shape index (κ1) is 12.5. The lowest BCUT2D eigenvalue weighted by atomic mass is 10.1. The maximum absolute atomic E-state index is 13.7. The number of para-hydroxylation sites is 1. The topological polar surface area (TPSA) is 22.0 Å². The van der Waals surface area contributed by atoms with Gasteiger partial charge in [0, 0.05) is 22.7 Å². The monoisotopic (exact) mass is 271 g/mol. The number of nitrogens with zero attached hydrogens (tertiary/aromatic N) is 1. The van der Waals surface area contributed by atoms with Gasteiger partial charge >= 0.3 is 0 Å². The molecule has 3 rings (SSSR count). The van der Waals surface area contributed by atoms with E-state index in [1.165, 1.54) is 6.07 Å². The fourth-order valence-corrected chi connectivity index (χ4v) is 2.37. The predicted molar refractivity (Wildman–Crippen MR) is 72.8 cm³/mol. The number of carbonyl (C=O) groups is 1. The normalized spacial score (nSPS) is 10.9. The molecule has 0 N–H and O–H groups in total. The van der Waals surface area contributed by atoms with E-state index >= 15 is 0 Å². The summed E-state index contributed by atoms with van der Waals surface area (Å²) in [5, 5.41) is 0.895. The van der Waals surface area contributed by atoms with Crippen molar-refractivity contribution >= 4 is 17.2 Å². The number of hydrogen-bond donors (Lipinski definition) is 0. The summed E-state index contributed by atoms with van der Waals surface area (Å²) in [4.78, 5) is 11.1. The van der Waals surface area contributed by atoms with Crippen LogP contribution >= 0.6 is 0 Å². The van der Waals surface area contributed by atoms with Crippen LogP contribution in [-0.2, 0) is 6.54 Å². The van der Waals surface area contributed by atoms with E-state index in [0.717, 1.165) is 29.3 Å². The van der Waals surface area contributed by atoms with Crippen LogP contribution in [0.1, 0.15) is 15.9 Å². The molecule has 0 aliphatic carbocycles. The molecule has 3 aromatic rings. The van der Waals surface area contributed by atoms with E-state index in [-0.39, 0.29) is 12.1 Å². The van der Waals surface area contributed by atoms with Gasteiger partial charge < -0.3 is 4.57 Å². The number of aromatic nitrogens is 1. The Morgan fingerprint density at radius 2 is 1.95 bits per heavy atom. The van der Waals surface area contributed by atoms with Gasteiger partial charge in [-0.15, -0.1) is 0 Å². The van der Waals surface area contributed by atoms with Gasteiger partial charge in [0.15, 0.2) is 6.29 Å². The fraction of sp³-hybridized carbons (Fsp3) is 0.0625. The minimum Gasteiger partial charge on any atom is -0.342 e. The molecule has 0 saturated carbocycles. The van der Waals surface area contributed by atoms with Crippen LogP contribution in [0.3, 0.4) is 0 Å². The van der Waals surface area contributed by atoms with Gasteiger partial charge in [-0.25, -0.2) is 8.78 Å². The Morgan fingerprint density at radius 3 is 2.75 bits per heavy atom. The SMILES string of the molecule is O=Cc1cccc2ccn(Cc3cc(F)ccc3F)c12. The minimum absolute atomic E-state index is 0.179. The summed E-state index contributed by atoms with van der Waals surface area (Å²) in [5.74, 6) is -0.940. The number of aldehydes is 1. The third-order valence-corrected chi connectivity index (χ3v) is 3.30. The Balaban J connectivity index is 2.11. The summed E-state index contributed by atoms with van der Waals surface area (Å²) >= 11 is 0. The molecular weight excluding hydrogens is 260 g/mol. The molecule has 0 saturated heterocycles. The van der Waals surface area contributed by atoms with Gasteiger partial charge in [0.1, 0.15) is 11.6 Å². The predicted octanol–water partition coefficient (Wildman–Crippen LogP) is 3.78. The first-order chi connectivity index (χ1) is 9.69. The van der Waals surface area contributed by atoms with E-state index in [4.69, 9.17) is 0 Å². The molecule has 0 unspecified atom stereocenters. The van der Waals surface area contributed by atoms with Crippen LogP contribution in [0.15, 0.2) is 48.7 Å². The van der Waals surface area contributed by atoms with Gasteiger partial charge in [-0.1, -0.05) is 12.1 Å². The fourth-order valence-electron chi connectivity index (χ4n) is 2.37. The molecule has 0 atom stereocenters. The van der Waals surface area contributed by atoms with Crippen molar-refractivity contribution in [3.05, 3.63) is 71.4 Å². The lowest BCUT2D eigenvalue weighted by Gasteiger charge is -2.08. The molecule has 0 fully saturated rings. The van der Waals surface area contributed by atoms with Gasteiger partial charge in [-0.05, 0) is 30.3 Å². The Kier molecular flexibility index (Phi) is 3.06. The van der Waals surface area contributed by atoms with Crippen molar-refractivity contribution in [1.82, 2.24) is 4.57 Å². The van der Waals surface area contributed by atoms with E-state index in [1.807, 2.05) is 12.1 Å². The number of rotatable bonds is 3. The molecule has 20 heavy (non-hydrogen) atoms. The second-order valence-corrected chi connectivity index (χ2v) is 4.58.